The van der Waals surface area contributed by atoms with Gasteiger partial charge < -0.3 is 10.4 Å². The van der Waals surface area contributed by atoms with Gasteiger partial charge in [-0.1, -0.05) is 49.2 Å². The lowest BCUT2D eigenvalue weighted by atomic mass is 9.87. The first-order valence-electron chi connectivity index (χ1n) is 8.01. The summed E-state index contributed by atoms with van der Waals surface area (Å²) in [5.41, 5.74) is -0.134. The monoisotopic (exact) mass is 308 g/mol. The fraction of sp³-hybridized carbons (Fsp3) is 0.368. The van der Waals surface area contributed by atoms with Crippen LogP contribution in [0.5, 0.6) is 0 Å². The quantitative estimate of drug-likeness (QED) is 0.911. The van der Waals surface area contributed by atoms with E-state index in [-0.39, 0.29) is 12.5 Å². The molecule has 1 aliphatic carbocycles. The standard InChI is InChI=1S/C19H20N2O2/c20-13-19(9-3-4-10-19)18(23)21-12-17(22)16-8-7-14-5-1-2-6-15(14)11-16/h1-2,5-8,11,17,22H,3-4,9-10,12H2,(H,21,23)/t17-/m0/s1. The van der Waals surface area contributed by atoms with Gasteiger partial charge in [-0.05, 0) is 35.2 Å². The minimum atomic E-state index is -0.900. The third-order valence-electron chi connectivity index (χ3n) is 4.72. The largest absolute Gasteiger partial charge is 0.387 e. The average Bonchev–Trinajstić information content (AvgIpc) is 3.09. The summed E-state index contributed by atoms with van der Waals surface area (Å²) < 4.78 is 0. The number of amides is 1. The lowest BCUT2D eigenvalue weighted by Gasteiger charge is -2.21. The SMILES string of the molecule is N#CC1(C(=O)NC[C@H](O)c2ccc3ccccc3c2)CCCC1. The van der Waals surface area contributed by atoms with Crippen LogP contribution in [0.4, 0.5) is 0 Å². The van der Waals surface area contributed by atoms with Gasteiger partial charge in [-0.3, -0.25) is 4.79 Å². The molecule has 2 aromatic carbocycles. The first-order chi connectivity index (χ1) is 11.1. The molecule has 23 heavy (non-hydrogen) atoms. The molecule has 2 aromatic rings. The molecular formula is C19H20N2O2. The van der Waals surface area contributed by atoms with Crippen molar-refractivity contribution >= 4 is 16.7 Å². The van der Waals surface area contributed by atoms with E-state index < -0.39 is 11.5 Å². The maximum atomic E-state index is 12.3. The Labute approximate surface area is 135 Å². The van der Waals surface area contributed by atoms with E-state index in [0.29, 0.717) is 12.8 Å². The Bertz CT molecular complexity index is 757. The molecule has 1 aliphatic rings. The van der Waals surface area contributed by atoms with Crippen LogP contribution in [0.2, 0.25) is 0 Å². The molecule has 0 heterocycles. The van der Waals surface area contributed by atoms with Crippen LogP contribution >= 0.6 is 0 Å². The first-order valence-corrected chi connectivity index (χ1v) is 8.01. The van der Waals surface area contributed by atoms with E-state index in [1.54, 1.807) is 0 Å². The highest BCUT2D eigenvalue weighted by molar-refractivity contribution is 5.86. The average molecular weight is 308 g/mol. The second-order valence-electron chi connectivity index (χ2n) is 6.23. The van der Waals surface area contributed by atoms with Crippen LogP contribution in [0.15, 0.2) is 42.5 Å². The minimum Gasteiger partial charge on any atom is -0.387 e. The first kappa shape index (κ1) is 15.5. The van der Waals surface area contributed by atoms with Gasteiger partial charge >= 0.3 is 0 Å². The predicted molar refractivity (Wildman–Crippen MR) is 88.4 cm³/mol. The van der Waals surface area contributed by atoms with Gasteiger partial charge in [-0.15, -0.1) is 0 Å². The predicted octanol–water partition coefficient (Wildman–Crippen LogP) is 3.07. The van der Waals surface area contributed by atoms with Crippen LogP contribution in [-0.4, -0.2) is 17.6 Å². The van der Waals surface area contributed by atoms with Crippen molar-refractivity contribution in [2.24, 2.45) is 5.41 Å². The minimum absolute atomic E-state index is 0.126. The van der Waals surface area contributed by atoms with Crippen LogP contribution in [0.3, 0.4) is 0 Å². The van der Waals surface area contributed by atoms with E-state index in [9.17, 15) is 15.2 Å². The number of hydrogen-bond donors (Lipinski definition) is 2. The van der Waals surface area contributed by atoms with Gasteiger partial charge in [-0.2, -0.15) is 5.26 Å². The normalized spacial score (nSPS) is 17.6. The van der Waals surface area contributed by atoms with Crippen LogP contribution in [0.1, 0.15) is 37.4 Å². The van der Waals surface area contributed by atoms with Crippen molar-refractivity contribution in [3.8, 4) is 6.07 Å². The van der Waals surface area contributed by atoms with E-state index in [1.807, 2.05) is 42.5 Å². The Balaban J connectivity index is 1.67. The van der Waals surface area contributed by atoms with Gasteiger partial charge in [0.25, 0.3) is 0 Å². The molecule has 0 saturated heterocycles. The van der Waals surface area contributed by atoms with Crippen molar-refractivity contribution in [3.05, 3.63) is 48.0 Å². The molecule has 118 valence electrons. The Morgan fingerprint density at radius 2 is 1.91 bits per heavy atom. The molecule has 0 aliphatic heterocycles. The molecule has 4 heteroatoms. The summed E-state index contributed by atoms with van der Waals surface area (Å²) in [6, 6.07) is 15.9. The fourth-order valence-corrected chi connectivity index (χ4v) is 3.26. The van der Waals surface area contributed by atoms with Crippen molar-refractivity contribution in [3.63, 3.8) is 0 Å². The second kappa shape index (κ2) is 6.39. The van der Waals surface area contributed by atoms with Crippen LogP contribution < -0.4 is 5.32 Å². The number of rotatable bonds is 4. The number of fused-ring (bicyclic) bond motifs is 1. The number of carbonyl (C=O) groups excluding carboxylic acids is 1. The molecule has 1 atom stereocenters. The number of hydrogen-bond acceptors (Lipinski definition) is 3. The van der Waals surface area contributed by atoms with E-state index in [1.165, 1.54) is 0 Å². The van der Waals surface area contributed by atoms with Gasteiger partial charge in [0.1, 0.15) is 5.41 Å². The molecule has 4 nitrogen and oxygen atoms in total. The number of aliphatic hydroxyl groups excluding tert-OH is 1. The molecule has 1 amide bonds. The highest BCUT2D eigenvalue weighted by atomic mass is 16.3. The zero-order valence-electron chi connectivity index (χ0n) is 13.0. The second-order valence-corrected chi connectivity index (χ2v) is 6.23. The fourth-order valence-electron chi connectivity index (χ4n) is 3.26. The molecule has 2 N–H and O–H groups in total. The zero-order valence-corrected chi connectivity index (χ0v) is 13.0. The van der Waals surface area contributed by atoms with Crippen molar-refractivity contribution < 1.29 is 9.90 Å². The number of nitrogens with zero attached hydrogens (tertiary/aromatic N) is 1. The van der Waals surface area contributed by atoms with Crippen molar-refractivity contribution in [2.75, 3.05) is 6.54 Å². The van der Waals surface area contributed by atoms with Gasteiger partial charge in [0, 0.05) is 6.54 Å². The van der Waals surface area contributed by atoms with Gasteiger partial charge in [0.15, 0.2) is 0 Å². The number of carbonyl (C=O) groups is 1. The number of benzene rings is 2. The van der Waals surface area contributed by atoms with Gasteiger partial charge in [-0.25, -0.2) is 0 Å². The summed E-state index contributed by atoms with van der Waals surface area (Å²) in [7, 11) is 0. The Morgan fingerprint density at radius 3 is 2.61 bits per heavy atom. The molecule has 0 unspecified atom stereocenters. The molecule has 3 rings (SSSR count). The number of aliphatic hydroxyl groups is 1. The molecule has 0 radical (unpaired) electrons. The Kier molecular flexibility index (Phi) is 4.31. The Morgan fingerprint density at radius 1 is 1.22 bits per heavy atom. The highest BCUT2D eigenvalue weighted by Crippen LogP contribution is 2.37. The van der Waals surface area contributed by atoms with E-state index in [0.717, 1.165) is 29.2 Å². The van der Waals surface area contributed by atoms with Crippen LogP contribution in [0.25, 0.3) is 10.8 Å². The molecule has 1 saturated carbocycles. The smallest absolute Gasteiger partial charge is 0.240 e. The van der Waals surface area contributed by atoms with Crippen LogP contribution in [0, 0.1) is 16.7 Å². The summed E-state index contributed by atoms with van der Waals surface area (Å²) in [5.74, 6) is -0.252. The van der Waals surface area contributed by atoms with Crippen molar-refractivity contribution in [2.45, 2.75) is 31.8 Å². The molecule has 1 fully saturated rings. The molecular weight excluding hydrogens is 288 g/mol. The van der Waals surface area contributed by atoms with E-state index in [2.05, 4.69) is 11.4 Å². The van der Waals surface area contributed by atoms with E-state index in [4.69, 9.17) is 0 Å². The third kappa shape index (κ3) is 3.06. The van der Waals surface area contributed by atoms with Crippen molar-refractivity contribution in [1.29, 1.82) is 5.26 Å². The molecule has 0 bridgehead atoms. The summed E-state index contributed by atoms with van der Waals surface area (Å²) in [6.45, 7) is 0.126. The number of nitriles is 1. The topological polar surface area (TPSA) is 73.1 Å². The zero-order chi connectivity index (χ0) is 16.3. The van der Waals surface area contributed by atoms with Crippen LogP contribution in [-0.2, 0) is 4.79 Å². The van der Waals surface area contributed by atoms with Crippen molar-refractivity contribution in [1.82, 2.24) is 5.32 Å². The Hall–Kier alpha value is -2.38. The summed E-state index contributed by atoms with van der Waals surface area (Å²) in [5, 5.41) is 24.6. The maximum Gasteiger partial charge on any atom is 0.240 e. The molecule has 0 aromatic heterocycles. The third-order valence-corrected chi connectivity index (χ3v) is 4.72. The maximum absolute atomic E-state index is 12.3. The van der Waals surface area contributed by atoms with E-state index >= 15 is 0 Å². The summed E-state index contributed by atoms with van der Waals surface area (Å²) in [4.78, 5) is 12.3. The molecule has 0 spiro atoms. The lowest BCUT2D eigenvalue weighted by Crippen LogP contribution is -2.40. The number of nitrogens with one attached hydrogen (secondary N) is 1. The van der Waals surface area contributed by atoms with Gasteiger partial charge in [0.05, 0.1) is 12.2 Å². The summed E-state index contributed by atoms with van der Waals surface area (Å²) in [6.07, 6.45) is 2.27. The lowest BCUT2D eigenvalue weighted by molar-refractivity contribution is -0.128. The summed E-state index contributed by atoms with van der Waals surface area (Å²) >= 11 is 0. The highest BCUT2D eigenvalue weighted by Gasteiger charge is 2.41. The van der Waals surface area contributed by atoms with Gasteiger partial charge in [0.2, 0.25) is 5.91 Å².